The normalized spacial score (nSPS) is 16.1. The molecule has 180 valence electrons. The molecule has 2 aromatic heterocycles. The Bertz CT molecular complexity index is 1390. The maximum atomic E-state index is 13.6. The smallest absolute Gasteiger partial charge is 0.332 e. The van der Waals surface area contributed by atoms with E-state index in [1.165, 1.54) is 4.57 Å². The van der Waals surface area contributed by atoms with Crippen molar-refractivity contribution >= 4 is 28.6 Å². The zero-order valence-corrected chi connectivity index (χ0v) is 19.8. The van der Waals surface area contributed by atoms with Crippen LogP contribution < -0.4 is 27.6 Å². The van der Waals surface area contributed by atoms with Crippen LogP contribution in [0, 0.1) is 0 Å². The van der Waals surface area contributed by atoms with Crippen LogP contribution in [0.2, 0.25) is 0 Å². The summed E-state index contributed by atoms with van der Waals surface area (Å²) in [7, 11) is 1.56. The van der Waals surface area contributed by atoms with Gasteiger partial charge >= 0.3 is 5.69 Å². The van der Waals surface area contributed by atoms with Gasteiger partial charge in [-0.15, -0.1) is 0 Å². The first-order chi connectivity index (χ1) is 16.2. The first-order valence-corrected chi connectivity index (χ1v) is 11.4. The average molecular weight is 466 g/mol. The number of nitrogen functional groups attached to an aromatic ring is 1. The second kappa shape index (κ2) is 9.30. The third-order valence-electron chi connectivity index (χ3n) is 6.20. The number of carbonyl (C=O) groups is 1. The Balaban J connectivity index is 1.89. The minimum absolute atomic E-state index is 0.0138. The second-order valence-corrected chi connectivity index (χ2v) is 9.07. The number of imidazole rings is 1. The van der Waals surface area contributed by atoms with Gasteiger partial charge in [-0.25, -0.2) is 4.79 Å². The monoisotopic (exact) mass is 465 g/mol. The van der Waals surface area contributed by atoms with E-state index in [9.17, 15) is 14.4 Å². The summed E-state index contributed by atoms with van der Waals surface area (Å²) in [5, 5.41) is 0. The van der Waals surface area contributed by atoms with E-state index in [1.807, 2.05) is 24.5 Å². The number of anilines is 2. The average Bonchev–Trinajstić information content (AvgIpc) is 3.19. The molecule has 10 nitrogen and oxygen atoms in total. The minimum atomic E-state index is -0.603. The quantitative estimate of drug-likeness (QED) is 0.318. The molecule has 3 aromatic rings. The number of hydrogen-bond acceptors (Lipinski definition) is 7. The highest BCUT2D eigenvalue weighted by molar-refractivity contribution is 6.00. The van der Waals surface area contributed by atoms with E-state index in [2.05, 4.69) is 4.90 Å². The lowest BCUT2D eigenvalue weighted by atomic mass is 10.1. The molecule has 4 rings (SSSR count). The molecule has 3 heterocycles. The molecule has 1 atom stereocenters. The van der Waals surface area contributed by atoms with Crippen molar-refractivity contribution in [2.75, 3.05) is 23.7 Å². The Labute approximate surface area is 197 Å². The number of hydrogen-bond donors (Lipinski definition) is 2. The molecule has 1 aromatic carbocycles. The topological polar surface area (TPSA) is 134 Å². The van der Waals surface area contributed by atoms with Crippen LogP contribution in [0.4, 0.5) is 11.6 Å². The molecule has 0 aliphatic carbocycles. The molecule has 34 heavy (non-hydrogen) atoms. The van der Waals surface area contributed by atoms with Gasteiger partial charge in [-0.3, -0.25) is 18.7 Å². The first-order valence-electron chi connectivity index (χ1n) is 11.4. The van der Waals surface area contributed by atoms with Gasteiger partial charge in [0.1, 0.15) is 0 Å². The highest BCUT2D eigenvalue weighted by atomic mass is 16.2. The zero-order valence-electron chi connectivity index (χ0n) is 19.8. The molecule has 0 radical (unpaired) electrons. The van der Waals surface area contributed by atoms with E-state index in [-0.39, 0.29) is 22.8 Å². The molecule has 0 spiro atoms. The lowest BCUT2D eigenvalue weighted by Crippen LogP contribution is -2.44. The molecule has 0 bridgehead atoms. The van der Waals surface area contributed by atoms with Crippen molar-refractivity contribution in [2.24, 2.45) is 12.8 Å². The molecule has 1 saturated heterocycles. The highest BCUT2D eigenvalue weighted by Gasteiger charge is 2.26. The van der Waals surface area contributed by atoms with Gasteiger partial charge in [-0.1, -0.05) is 23.8 Å². The Hall–Kier alpha value is -3.66. The number of rotatable bonds is 6. The van der Waals surface area contributed by atoms with Gasteiger partial charge in [-0.05, 0) is 38.8 Å². The van der Waals surface area contributed by atoms with Gasteiger partial charge in [0.25, 0.3) is 5.56 Å². The number of nitrogens with zero attached hydrogens (tertiary/aromatic N) is 5. The Kier molecular flexibility index (Phi) is 6.43. The number of carbonyl (C=O) groups excluding carboxylic acids is 1. The van der Waals surface area contributed by atoms with Crippen molar-refractivity contribution in [1.29, 1.82) is 0 Å². The van der Waals surface area contributed by atoms with Crippen LogP contribution in [-0.4, -0.2) is 43.6 Å². The predicted molar refractivity (Wildman–Crippen MR) is 133 cm³/mol. The van der Waals surface area contributed by atoms with Gasteiger partial charge in [0.05, 0.1) is 6.54 Å². The van der Waals surface area contributed by atoms with E-state index in [0.717, 1.165) is 29.5 Å². The fourth-order valence-corrected chi connectivity index (χ4v) is 4.36. The molecule has 1 fully saturated rings. The summed E-state index contributed by atoms with van der Waals surface area (Å²) in [5.74, 6) is 0.195. The van der Waals surface area contributed by atoms with Crippen LogP contribution in [0.3, 0.4) is 0 Å². The molecule has 1 aliphatic rings. The fourth-order valence-electron chi connectivity index (χ4n) is 4.36. The summed E-state index contributed by atoms with van der Waals surface area (Å²) in [6.45, 7) is 5.34. The largest absolute Gasteiger partial charge is 0.398 e. The first kappa shape index (κ1) is 23.5. The number of piperidine rings is 1. The molecular formula is C24H31N7O3. The molecule has 0 unspecified atom stereocenters. The van der Waals surface area contributed by atoms with Crippen molar-refractivity contribution in [2.45, 2.75) is 45.8 Å². The van der Waals surface area contributed by atoms with Gasteiger partial charge in [0.15, 0.2) is 16.9 Å². The lowest BCUT2D eigenvalue weighted by molar-refractivity contribution is 0.0969. The second-order valence-electron chi connectivity index (χ2n) is 9.07. The van der Waals surface area contributed by atoms with Crippen molar-refractivity contribution in [3.8, 4) is 0 Å². The van der Waals surface area contributed by atoms with Crippen LogP contribution in [0.1, 0.15) is 37.0 Å². The molecule has 10 heteroatoms. The number of nitrogens with two attached hydrogens (primary N) is 2. The van der Waals surface area contributed by atoms with E-state index in [4.69, 9.17) is 16.5 Å². The molecule has 1 aliphatic heterocycles. The number of aromatic nitrogens is 4. The summed E-state index contributed by atoms with van der Waals surface area (Å²) in [6.07, 6.45) is 3.85. The van der Waals surface area contributed by atoms with Gasteiger partial charge < -0.3 is 20.9 Å². The van der Waals surface area contributed by atoms with E-state index < -0.39 is 23.6 Å². The van der Waals surface area contributed by atoms with Gasteiger partial charge in [0.2, 0.25) is 5.95 Å². The number of aryl methyl sites for hydroxylation is 1. The number of para-hydroxylation sites is 1. The number of fused-ring (bicyclic) bond motifs is 1. The molecule has 0 saturated carbocycles. The van der Waals surface area contributed by atoms with Gasteiger partial charge in [0, 0.05) is 44.0 Å². The fraction of sp³-hybridized carbons (Fsp3) is 0.417. The van der Waals surface area contributed by atoms with Crippen molar-refractivity contribution in [3.63, 3.8) is 0 Å². The Morgan fingerprint density at radius 3 is 2.62 bits per heavy atom. The highest BCUT2D eigenvalue weighted by Crippen LogP contribution is 2.23. The Morgan fingerprint density at radius 2 is 1.94 bits per heavy atom. The minimum Gasteiger partial charge on any atom is -0.398 e. The van der Waals surface area contributed by atoms with E-state index in [1.54, 1.807) is 31.3 Å². The summed E-state index contributed by atoms with van der Waals surface area (Å²) in [5.41, 5.74) is 13.2. The molecule has 0 amide bonds. The maximum absolute atomic E-state index is 13.6. The maximum Gasteiger partial charge on any atom is 0.332 e. The number of Topliss-reactive ketones (excluding diaryl/α,β-unsaturated/α-hetero) is 1. The third kappa shape index (κ3) is 4.28. The molecule has 4 N–H and O–H groups in total. The van der Waals surface area contributed by atoms with Crippen LogP contribution in [0.5, 0.6) is 0 Å². The SMILES string of the molecule is CC(C)=CCn1c(N2CCC[C@H](N)C2)nc2c1c(=O)n(CC(=O)c1ccccc1N)c(=O)n2C. The van der Waals surface area contributed by atoms with Crippen molar-refractivity contribution in [1.82, 2.24) is 18.7 Å². The number of benzene rings is 1. The van der Waals surface area contributed by atoms with Crippen LogP contribution in [0.25, 0.3) is 11.2 Å². The third-order valence-corrected chi connectivity index (χ3v) is 6.20. The lowest BCUT2D eigenvalue weighted by Gasteiger charge is -2.31. The van der Waals surface area contributed by atoms with Crippen molar-refractivity contribution in [3.05, 3.63) is 62.3 Å². The van der Waals surface area contributed by atoms with E-state index in [0.29, 0.717) is 24.7 Å². The van der Waals surface area contributed by atoms with Crippen molar-refractivity contribution < 1.29 is 4.79 Å². The summed E-state index contributed by atoms with van der Waals surface area (Å²) >= 11 is 0. The Morgan fingerprint density at radius 1 is 1.21 bits per heavy atom. The number of allylic oxidation sites excluding steroid dienone is 2. The zero-order chi connectivity index (χ0) is 24.6. The van der Waals surface area contributed by atoms with Crippen LogP contribution >= 0.6 is 0 Å². The standard InChI is InChI=1S/C24H31N7O3/c1-15(2)10-12-30-20-21(27-23(30)29-11-6-7-16(25)13-29)28(3)24(34)31(22(20)33)14-19(32)17-8-4-5-9-18(17)26/h4-5,8-10,16H,6-7,11-14,25-26H2,1-3H3/t16-/m0/s1. The summed E-state index contributed by atoms with van der Waals surface area (Å²) in [4.78, 5) is 46.4. The van der Waals surface area contributed by atoms with Gasteiger partial charge in [-0.2, -0.15) is 4.98 Å². The number of ketones is 1. The summed E-state index contributed by atoms with van der Waals surface area (Å²) < 4.78 is 4.11. The van der Waals surface area contributed by atoms with Crippen LogP contribution in [-0.2, 0) is 20.1 Å². The van der Waals surface area contributed by atoms with Crippen LogP contribution in [0.15, 0.2) is 45.5 Å². The summed E-state index contributed by atoms with van der Waals surface area (Å²) in [6, 6.07) is 6.63. The predicted octanol–water partition coefficient (Wildman–Crippen LogP) is 1.26. The van der Waals surface area contributed by atoms with E-state index >= 15 is 0 Å². The molecular weight excluding hydrogens is 434 g/mol.